The molecule has 1 aliphatic heterocycles. The van der Waals surface area contributed by atoms with Crippen molar-refractivity contribution >= 4 is 5.96 Å². The number of nitrogens with one attached hydrogen (secondary N) is 2. The van der Waals surface area contributed by atoms with Crippen LogP contribution in [0.15, 0.2) is 29.3 Å². The van der Waals surface area contributed by atoms with Gasteiger partial charge < -0.3 is 25.2 Å². The maximum atomic E-state index is 12.5. The molecule has 0 aliphatic carbocycles. The zero-order chi connectivity index (χ0) is 20.6. The number of para-hydroxylation sites is 1. The number of halogens is 3. The van der Waals surface area contributed by atoms with Gasteiger partial charge in [0.25, 0.3) is 0 Å². The van der Waals surface area contributed by atoms with Crippen molar-refractivity contribution in [3.8, 4) is 5.75 Å². The number of ether oxygens (including phenoxy) is 1. The number of aliphatic imine (C=N–C) groups is 1. The van der Waals surface area contributed by atoms with E-state index in [1.165, 1.54) is 12.1 Å². The smallest absolute Gasteiger partial charge is 0.405 e. The Hall–Kier alpha value is -2.00. The van der Waals surface area contributed by atoms with Crippen LogP contribution in [0.25, 0.3) is 0 Å². The predicted octanol–water partition coefficient (Wildman–Crippen LogP) is 2.13. The standard InChI is InChI=1S/C19H30F3N5O/c1-15(14-27-10-8-26(3)9-11-27)12-24-18(23-2)25-13-16-6-4-5-7-17(16)28-19(20,21)22/h4-7,15H,8-14H2,1-3H3,(H2,23,24,25). The van der Waals surface area contributed by atoms with Crippen molar-refractivity contribution in [1.82, 2.24) is 20.4 Å². The summed E-state index contributed by atoms with van der Waals surface area (Å²) in [5.41, 5.74) is 0.410. The van der Waals surface area contributed by atoms with Gasteiger partial charge in [0.2, 0.25) is 0 Å². The Morgan fingerprint density at radius 3 is 2.50 bits per heavy atom. The van der Waals surface area contributed by atoms with E-state index in [1.807, 2.05) is 0 Å². The normalized spacial score (nSPS) is 18.0. The zero-order valence-corrected chi connectivity index (χ0v) is 16.7. The summed E-state index contributed by atoms with van der Waals surface area (Å²) in [5, 5.41) is 6.29. The van der Waals surface area contributed by atoms with Gasteiger partial charge in [0.15, 0.2) is 5.96 Å². The van der Waals surface area contributed by atoms with E-state index in [9.17, 15) is 13.2 Å². The molecule has 0 radical (unpaired) electrons. The van der Waals surface area contributed by atoms with Gasteiger partial charge in [0.05, 0.1) is 0 Å². The van der Waals surface area contributed by atoms with Crippen LogP contribution in [0.1, 0.15) is 12.5 Å². The molecule has 1 unspecified atom stereocenters. The van der Waals surface area contributed by atoms with E-state index in [0.717, 1.165) is 39.3 Å². The number of hydrogen-bond acceptors (Lipinski definition) is 4. The summed E-state index contributed by atoms with van der Waals surface area (Å²) < 4.78 is 41.7. The van der Waals surface area contributed by atoms with Crippen LogP contribution in [0.5, 0.6) is 5.75 Å². The summed E-state index contributed by atoms with van der Waals surface area (Å²) in [5.74, 6) is 0.760. The molecule has 1 aliphatic rings. The summed E-state index contributed by atoms with van der Waals surface area (Å²) in [4.78, 5) is 8.92. The fourth-order valence-corrected chi connectivity index (χ4v) is 3.08. The Bertz CT molecular complexity index is 630. The van der Waals surface area contributed by atoms with Crippen LogP contribution < -0.4 is 15.4 Å². The van der Waals surface area contributed by atoms with Crippen molar-refractivity contribution in [2.45, 2.75) is 19.8 Å². The van der Waals surface area contributed by atoms with Gasteiger partial charge in [-0.05, 0) is 19.0 Å². The first-order valence-electron chi connectivity index (χ1n) is 9.46. The minimum atomic E-state index is -4.71. The molecular weight excluding hydrogens is 371 g/mol. The fraction of sp³-hybridized carbons (Fsp3) is 0.632. The molecular formula is C19H30F3N5O. The van der Waals surface area contributed by atoms with E-state index in [-0.39, 0.29) is 12.3 Å². The third-order valence-electron chi connectivity index (χ3n) is 4.65. The van der Waals surface area contributed by atoms with Gasteiger partial charge in [-0.1, -0.05) is 25.1 Å². The number of benzene rings is 1. The number of hydrogen-bond donors (Lipinski definition) is 2. The molecule has 2 N–H and O–H groups in total. The van der Waals surface area contributed by atoms with Gasteiger partial charge in [-0.3, -0.25) is 4.99 Å². The van der Waals surface area contributed by atoms with Crippen LogP contribution >= 0.6 is 0 Å². The molecule has 1 aromatic carbocycles. The van der Waals surface area contributed by atoms with Crippen LogP contribution in [0, 0.1) is 5.92 Å². The molecule has 1 saturated heterocycles. The van der Waals surface area contributed by atoms with Crippen LogP contribution in [-0.4, -0.2) is 75.5 Å². The van der Waals surface area contributed by atoms with Gasteiger partial charge >= 0.3 is 6.36 Å². The number of alkyl halides is 3. The van der Waals surface area contributed by atoms with Crippen LogP contribution in [0.2, 0.25) is 0 Å². The molecule has 1 heterocycles. The van der Waals surface area contributed by atoms with Crippen LogP contribution in [0.3, 0.4) is 0 Å². The maximum absolute atomic E-state index is 12.5. The highest BCUT2D eigenvalue weighted by atomic mass is 19.4. The maximum Gasteiger partial charge on any atom is 0.573 e. The van der Waals surface area contributed by atoms with Gasteiger partial charge in [-0.25, -0.2) is 0 Å². The second-order valence-corrected chi connectivity index (χ2v) is 7.17. The van der Waals surface area contributed by atoms with Gasteiger partial charge in [-0.15, -0.1) is 13.2 Å². The van der Waals surface area contributed by atoms with Crippen molar-refractivity contribution in [2.24, 2.45) is 10.9 Å². The second-order valence-electron chi connectivity index (χ2n) is 7.17. The molecule has 2 rings (SSSR count). The largest absolute Gasteiger partial charge is 0.573 e. The molecule has 28 heavy (non-hydrogen) atoms. The molecule has 0 spiro atoms. The lowest BCUT2D eigenvalue weighted by Gasteiger charge is -2.34. The third kappa shape index (κ3) is 7.93. The Morgan fingerprint density at radius 2 is 1.86 bits per heavy atom. The third-order valence-corrected chi connectivity index (χ3v) is 4.65. The second kappa shape index (κ2) is 10.5. The molecule has 158 valence electrons. The monoisotopic (exact) mass is 401 g/mol. The average molecular weight is 401 g/mol. The van der Waals surface area contributed by atoms with Gasteiger partial charge in [0, 0.05) is 58.4 Å². The van der Waals surface area contributed by atoms with E-state index >= 15 is 0 Å². The minimum Gasteiger partial charge on any atom is -0.405 e. The summed E-state index contributed by atoms with van der Waals surface area (Å²) >= 11 is 0. The fourth-order valence-electron chi connectivity index (χ4n) is 3.08. The van der Waals surface area contributed by atoms with Gasteiger partial charge in [0.1, 0.15) is 5.75 Å². The van der Waals surface area contributed by atoms with Crippen LogP contribution in [0.4, 0.5) is 13.2 Å². The topological polar surface area (TPSA) is 52.1 Å². The zero-order valence-electron chi connectivity index (χ0n) is 16.7. The van der Waals surface area contributed by atoms with Crippen molar-refractivity contribution < 1.29 is 17.9 Å². The Labute approximate surface area is 164 Å². The first kappa shape index (κ1) is 22.3. The lowest BCUT2D eigenvalue weighted by molar-refractivity contribution is -0.274. The molecule has 0 aromatic heterocycles. The summed E-state index contributed by atoms with van der Waals surface area (Å²) in [6.07, 6.45) is -4.71. The molecule has 0 saturated carbocycles. The molecule has 6 nitrogen and oxygen atoms in total. The first-order chi connectivity index (χ1) is 13.3. The molecule has 9 heteroatoms. The molecule has 0 amide bonds. The Balaban J connectivity index is 1.79. The highest BCUT2D eigenvalue weighted by molar-refractivity contribution is 5.79. The summed E-state index contributed by atoms with van der Waals surface area (Å²) in [6.45, 7) is 8.40. The van der Waals surface area contributed by atoms with Crippen LogP contribution in [-0.2, 0) is 6.54 Å². The van der Waals surface area contributed by atoms with Crippen molar-refractivity contribution in [1.29, 1.82) is 0 Å². The quantitative estimate of drug-likeness (QED) is 0.542. The number of rotatable bonds is 7. The number of guanidine groups is 1. The molecule has 1 atom stereocenters. The lowest BCUT2D eigenvalue weighted by Crippen LogP contribution is -2.47. The molecule has 0 bridgehead atoms. The summed E-state index contributed by atoms with van der Waals surface area (Å²) in [6, 6.07) is 6.09. The Morgan fingerprint density at radius 1 is 1.18 bits per heavy atom. The minimum absolute atomic E-state index is 0.179. The van der Waals surface area contributed by atoms with E-state index < -0.39 is 6.36 Å². The number of likely N-dealkylation sites (N-methyl/N-ethyl adjacent to an activating group) is 1. The summed E-state index contributed by atoms with van der Waals surface area (Å²) in [7, 11) is 3.77. The van der Waals surface area contributed by atoms with Gasteiger partial charge in [-0.2, -0.15) is 0 Å². The van der Waals surface area contributed by atoms with Crippen molar-refractivity contribution in [3.63, 3.8) is 0 Å². The van der Waals surface area contributed by atoms with E-state index in [0.29, 0.717) is 17.4 Å². The predicted molar refractivity (Wildman–Crippen MR) is 104 cm³/mol. The Kier molecular flexibility index (Phi) is 8.37. The van der Waals surface area contributed by atoms with E-state index in [1.54, 1.807) is 19.2 Å². The average Bonchev–Trinajstić information content (AvgIpc) is 2.64. The van der Waals surface area contributed by atoms with E-state index in [4.69, 9.17) is 0 Å². The van der Waals surface area contributed by atoms with Crippen molar-refractivity contribution in [2.75, 3.05) is 53.4 Å². The first-order valence-corrected chi connectivity index (χ1v) is 9.46. The lowest BCUT2D eigenvalue weighted by atomic mass is 10.1. The van der Waals surface area contributed by atoms with Crippen molar-refractivity contribution in [3.05, 3.63) is 29.8 Å². The highest BCUT2D eigenvalue weighted by Crippen LogP contribution is 2.26. The highest BCUT2D eigenvalue weighted by Gasteiger charge is 2.31. The van der Waals surface area contributed by atoms with E-state index in [2.05, 4.69) is 44.1 Å². The number of piperazine rings is 1. The molecule has 1 fully saturated rings. The number of nitrogens with zero attached hydrogens (tertiary/aromatic N) is 3. The SMILES string of the molecule is CN=C(NCc1ccccc1OC(F)(F)F)NCC(C)CN1CCN(C)CC1. The molecule has 1 aromatic rings.